The van der Waals surface area contributed by atoms with E-state index in [1.807, 2.05) is 42.5 Å². The molecule has 6 nitrogen and oxygen atoms in total. The monoisotopic (exact) mass is 349 g/mol. The van der Waals surface area contributed by atoms with Crippen LogP contribution in [0.25, 0.3) is 11.4 Å². The van der Waals surface area contributed by atoms with Gasteiger partial charge in [0.05, 0.1) is 7.11 Å². The number of benzene rings is 2. The average Bonchev–Trinajstić information content (AvgIpc) is 3.37. The van der Waals surface area contributed by atoms with Gasteiger partial charge in [0, 0.05) is 17.7 Å². The van der Waals surface area contributed by atoms with Crippen molar-refractivity contribution in [2.45, 2.75) is 18.9 Å². The third-order valence-corrected chi connectivity index (χ3v) is 4.59. The summed E-state index contributed by atoms with van der Waals surface area (Å²) in [6.07, 6.45) is 1.72. The van der Waals surface area contributed by atoms with Crippen molar-refractivity contribution >= 4 is 5.91 Å². The Balaban J connectivity index is 1.59. The molecule has 26 heavy (non-hydrogen) atoms. The number of aromatic nitrogens is 2. The fourth-order valence-corrected chi connectivity index (χ4v) is 3.26. The van der Waals surface area contributed by atoms with Crippen LogP contribution >= 0.6 is 0 Å². The molecule has 1 aliphatic heterocycles. The van der Waals surface area contributed by atoms with Crippen molar-refractivity contribution in [3.8, 4) is 17.1 Å². The Hall–Kier alpha value is -3.15. The second-order valence-corrected chi connectivity index (χ2v) is 6.21. The van der Waals surface area contributed by atoms with Gasteiger partial charge in [-0.1, -0.05) is 41.6 Å². The lowest BCUT2D eigenvalue weighted by Gasteiger charge is -2.22. The van der Waals surface area contributed by atoms with E-state index in [2.05, 4.69) is 10.1 Å². The summed E-state index contributed by atoms with van der Waals surface area (Å²) in [5, 5.41) is 4.08. The van der Waals surface area contributed by atoms with Crippen molar-refractivity contribution in [3.05, 3.63) is 66.1 Å². The minimum atomic E-state index is -0.196. The lowest BCUT2D eigenvalue weighted by atomic mass is 10.1. The molecule has 0 spiro atoms. The molecule has 6 heteroatoms. The van der Waals surface area contributed by atoms with E-state index in [1.165, 1.54) is 0 Å². The lowest BCUT2D eigenvalue weighted by molar-refractivity contribution is 0.0709. The second-order valence-electron chi connectivity index (χ2n) is 6.21. The third kappa shape index (κ3) is 3.06. The molecule has 1 fully saturated rings. The Morgan fingerprint density at radius 3 is 2.85 bits per heavy atom. The van der Waals surface area contributed by atoms with Gasteiger partial charge in [-0.3, -0.25) is 4.79 Å². The van der Waals surface area contributed by atoms with Crippen LogP contribution in [0.5, 0.6) is 5.75 Å². The molecule has 0 bridgehead atoms. The summed E-state index contributed by atoms with van der Waals surface area (Å²) < 4.78 is 10.7. The van der Waals surface area contributed by atoms with Crippen LogP contribution in [0.3, 0.4) is 0 Å². The van der Waals surface area contributed by atoms with E-state index < -0.39 is 0 Å². The Labute approximate surface area is 151 Å². The van der Waals surface area contributed by atoms with Gasteiger partial charge >= 0.3 is 0 Å². The van der Waals surface area contributed by atoms with Crippen molar-refractivity contribution in [2.24, 2.45) is 0 Å². The van der Waals surface area contributed by atoms with Crippen LogP contribution in [0.1, 0.15) is 35.1 Å². The van der Waals surface area contributed by atoms with Gasteiger partial charge in [0.25, 0.3) is 5.91 Å². The summed E-state index contributed by atoms with van der Waals surface area (Å²) in [7, 11) is 1.59. The zero-order valence-electron chi connectivity index (χ0n) is 14.5. The van der Waals surface area contributed by atoms with Gasteiger partial charge in [0.15, 0.2) is 0 Å². The normalized spacial score (nSPS) is 16.7. The number of likely N-dealkylation sites (tertiary alicyclic amines) is 1. The average molecular weight is 349 g/mol. The van der Waals surface area contributed by atoms with Crippen molar-refractivity contribution in [2.75, 3.05) is 13.7 Å². The highest BCUT2D eigenvalue weighted by Crippen LogP contribution is 2.33. The molecule has 1 atom stereocenters. The maximum atomic E-state index is 13.0. The van der Waals surface area contributed by atoms with Crippen LogP contribution in [0, 0.1) is 0 Å². The number of ether oxygens (including phenoxy) is 1. The number of nitrogens with zero attached hydrogens (tertiary/aromatic N) is 3. The van der Waals surface area contributed by atoms with Gasteiger partial charge in [-0.25, -0.2) is 0 Å². The Morgan fingerprint density at radius 2 is 2.04 bits per heavy atom. The molecule has 1 amide bonds. The predicted octanol–water partition coefficient (Wildman–Crippen LogP) is 3.72. The van der Waals surface area contributed by atoms with Gasteiger partial charge in [-0.05, 0) is 31.0 Å². The van der Waals surface area contributed by atoms with E-state index in [1.54, 1.807) is 24.1 Å². The maximum Gasteiger partial charge on any atom is 0.254 e. The van der Waals surface area contributed by atoms with Gasteiger partial charge in [-0.15, -0.1) is 0 Å². The highest BCUT2D eigenvalue weighted by molar-refractivity contribution is 5.95. The van der Waals surface area contributed by atoms with Crippen molar-refractivity contribution in [1.29, 1.82) is 0 Å². The molecule has 2 heterocycles. The maximum absolute atomic E-state index is 13.0. The fourth-order valence-electron chi connectivity index (χ4n) is 3.26. The summed E-state index contributed by atoms with van der Waals surface area (Å²) in [6.45, 7) is 0.670. The largest absolute Gasteiger partial charge is 0.497 e. The topological polar surface area (TPSA) is 68.5 Å². The number of hydrogen-bond donors (Lipinski definition) is 0. The minimum absolute atomic E-state index is 0.0501. The summed E-state index contributed by atoms with van der Waals surface area (Å²) >= 11 is 0. The fraction of sp³-hybridized carbons (Fsp3) is 0.250. The van der Waals surface area contributed by atoms with Gasteiger partial charge < -0.3 is 14.2 Å². The first-order valence-corrected chi connectivity index (χ1v) is 8.60. The third-order valence-electron chi connectivity index (χ3n) is 4.59. The van der Waals surface area contributed by atoms with Gasteiger partial charge in [-0.2, -0.15) is 4.98 Å². The Kier molecular flexibility index (Phi) is 4.39. The van der Waals surface area contributed by atoms with Crippen LogP contribution in [0.2, 0.25) is 0 Å². The van der Waals surface area contributed by atoms with Crippen LogP contribution in [0.4, 0.5) is 0 Å². The molecule has 0 radical (unpaired) electrons. The summed E-state index contributed by atoms with van der Waals surface area (Å²) in [6, 6.07) is 16.7. The zero-order valence-corrected chi connectivity index (χ0v) is 14.5. The molecule has 132 valence electrons. The van der Waals surface area contributed by atoms with E-state index in [9.17, 15) is 4.79 Å². The molecular weight excluding hydrogens is 330 g/mol. The number of rotatable bonds is 4. The molecule has 3 aromatic rings. The standard InChI is InChI=1S/C20H19N3O3/c1-25-16-10-5-9-15(13-16)20(24)23-12-6-11-17(23)19-21-18(22-26-19)14-7-3-2-4-8-14/h2-5,7-10,13,17H,6,11-12H2,1H3/t17-/m1/s1. The van der Waals surface area contributed by atoms with Gasteiger partial charge in [0.2, 0.25) is 11.7 Å². The number of hydrogen-bond acceptors (Lipinski definition) is 5. The van der Waals surface area contributed by atoms with Gasteiger partial charge in [0.1, 0.15) is 11.8 Å². The lowest BCUT2D eigenvalue weighted by Crippen LogP contribution is -2.30. The van der Waals surface area contributed by atoms with E-state index in [4.69, 9.17) is 9.26 Å². The molecule has 1 aliphatic rings. The first kappa shape index (κ1) is 16.3. The molecule has 0 unspecified atom stereocenters. The summed E-state index contributed by atoms with van der Waals surface area (Å²) in [5.41, 5.74) is 1.49. The first-order valence-electron chi connectivity index (χ1n) is 8.60. The van der Waals surface area contributed by atoms with Crippen LogP contribution < -0.4 is 4.74 Å². The molecule has 0 aliphatic carbocycles. The van der Waals surface area contributed by atoms with E-state index in [0.29, 0.717) is 29.6 Å². The van der Waals surface area contributed by atoms with E-state index in [-0.39, 0.29) is 11.9 Å². The van der Waals surface area contributed by atoms with Crippen LogP contribution in [0.15, 0.2) is 59.1 Å². The van der Waals surface area contributed by atoms with Crippen molar-refractivity contribution < 1.29 is 14.1 Å². The zero-order chi connectivity index (χ0) is 17.9. The molecule has 1 aromatic heterocycles. The number of methoxy groups -OCH3 is 1. The van der Waals surface area contributed by atoms with E-state index >= 15 is 0 Å². The Bertz CT molecular complexity index is 907. The smallest absolute Gasteiger partial charge is 0.254 e. The SMILES string of the molecule is COc1cccc(C(=O)N2CCC[C@@H]2c2nc(-c3ccccc3)no2)c1. The summed E-state index contributed by atoms with van der Waals surface area (Å²) in [4.78, 5) is 19.3. The molecule has 0 N–H and O–H groups in total. The number of amides is 1. The number of carbonyl (C=O) groups is 1. The minimum Gasteiger partial charge on any atom is -0.497 e. The highest BCUT2D eigenvalue weighted by Gasteiger charge is 2.34. The molecule has 0 saturated carbocycles. The second kappa shape index (κ2) is 7.00. The molecular formula is C20H19N3O3. The van der Waals surface area contributed by atoms with Crippen molar-refractivity contribution in [1.82, 2.24) is 15.0 Å². The molecule has 2 aromatic carbocycles. The number of carbonyl (C=O) groups excluding carboxylic acids is 1. The summed E-state index contributed by atoms with van der Waals surface area (Å²) in [5.74, 6) is 1.64. The van der Waals surface area contributed by atoms with Crippen LogP contribution in [-0.2, 0) is 0 Å². The Morgan fingerprint density at radius 1 is 1.19 bits per heavy atom. The van der Waals surface area contributed by atoms with Crippen LogP contribution in [-0.4, -0.2) is 34.6 Å². The molecule has 1 saturated heterocycles. The first-order chi connectivity index (χ1) is 12.8. The molecule has 4 rings (SSSR count). The van der Waals surface area contributed by atoms with E-state index in [0.717, 1.165) is 18.4 Å². The van der Waals surface area contributed by atoms with Crippen molar-refractivity contribution in [3.63, 3.8) is 0 Å². The quantitative estimate of drug-likeness (QED) is 0.718. The predicted molar refractivity (Wildman–Crippen MR) is 95.7 cm³/mol. The highest BCUT2D eigenvalue weighted by atomic mass is 16.5.